The van der Waals surface area contributed by atoms with Gasteiger partial charge in [0.15, 0.2) is 5.82 Å². The molecule has 0 saturated carbocycles. The third-order valence-electron chi connectivity index (χ3n) is 4.38. The summed E-state index contributed by atoms with van der Waals surface area (Å²) in [5.74, 6) is 0.561. The van der Waals surface area contributed by atoms with Crippen molar-refractivity contribution in [3.05, 3.63) is 40.6 Å². The predicted octanol–water partition coefficient (Wildman–Crippen LogP) is 5.04. The molecule has 0 radical (unpaired) electrons. The summed E-state index contributed by atoms with van der Waals surface area (Å²) in [7, 11) is 1.51. The number of halogens is 2. The zero-order valence-corrected chi connectivity index (χ0v) is 14.7. The number of fused-ring (bicyclic) bond motifs is 3. The van der Waals surface area contributed by atoms with Gasteiger partial charge in [-0.15, -0.1) is 0 Å². The Morgan fingerprint density at radius 1 is 1.36 bits per heavy atom. The van der Waals surface area contributed by atoms with Crippen LogP contribution in [0.15, 0.2) is 29.2 Å². The molecule has 0 unspecified atom stereocenters. The summed E-state index contributed by atoms with van der Waals surface area (Å²) in [5.41, 5.74) is 2.94. The summed E-state index contributed by atoms with van der Waals surface area (Å²) in [6, 6.07) is 3.54. The fraction of sp³-hybridized carbons (Fsp3) is 0.222. The van der Waals surface area contributed by atoms with Crippen molar-refractivity contribution in [2.45, 2.75) is 20.3 Å². The Morgan fingerprint density at radius 3 is 2.92 bits per heavy atom. The summed E-state index contributed by atoms with van der Waals surface area (Å²) in [5, 5.41) is 5.56. The van der Waals surface area contributed by atoms with Crippen molar-refractivity contribution in [1.82, 2.24) is 9.97 Å². The monoisotopic (exact) mass is 359 g/mol. The van der Waals surface area contributed by atoms with Gasteiger partial charge in [-0.2, -0.15) is 0 Å². The van der Waals surface area contributed by atoms with Crippen LogP contribution in [0.5, 0.6) is 5.75 Å². The van der Waals surface area contributed by atoms with Gasteiger partial charge < -0.3 is 14.6 Å². The zero-order chi connectivity index (χ0) is 17.7. The predicted molar refractivity (Wildman–Crippen MR) is 96.5 cm³/mol. The lowest BCUT2D eigenvalue weighted by molar-refractivity contribution is 0.225. The molecule has 3 aromatic rings. The molecule has 0 spiro atoms. The van der Waals surface area contributed by atoms with Crippen LogP contribution in [0.1, 0.15) is 25.8 Å². The van der Waals surface area contributed by atoms with E-state index in [0.717, 1.165) is 11.2 Å². The Morgan fingerprint density at radius 2 is 2.16 bits per heavy atom. The number of rotatable bonds is 2. The minimum atomic E-state index is -0.408. The highest BCUT2D eigenvalue weighted by atomic mass is 35.5. The number of hydrogen-bond acceptors (Lipinski definition) is 4. The number of oxime groups is 1. The molecule has 0 amide bonds. The molecule has 4 rings (SSSR count). The lowest BCUT2D eigenvalue weighted by atomic mass is 9.96. The molecule has 0 saturated heterocycles. The number of nitrogens with zero attached hydrogens (tertiary/aromatic N) is 2. The molecule has 128 valence electrons. The van der Waals surface area contributed by atoms with Crippen LogP contribution in [-0.4, -0.2) is 22.8 Å². The zero-order valence-electron chi connectivity index (χ0n) is 13.9. The van der Waals surface area contributed by atoms with Gasteiger partial charge in [0.05, 0.1) is 29.4 Å². The van der Waals surface area contributed by atoms with Crippen LogP contribution in [0.2, 0.25) is 5.15 Å². The average Bonchev–Trinajstić information content (AvgIpc) is 2.97. The Kier molecular flexibility index (Phi) is 3.65. The van der Waals surface area contributed by atoms with Gasteiger partial charge in [-0.3, -0.25) is 0 Å². The maximum Gasteiger partial charge on any atom is 0.158 e. The lowest BCUT2D eigenvalue weighted by Crippen LogP contribution is -2.07. The SMILES string of the molecule is COc1cc2c([nH]c3ccnc(Cl)c32)c(F)c1C1=C(C)ON=C(C)C1. The number of ether oxygens (including phenoxy) is 1. The van der Waals surface area contributed by atoms with Crippen molar-refractivity contribution >= 4 is 44.7 Å². The van der Waals surface area contributed by atoms with Crippen LogP contribution in [0, 0.1) is 5.82 Å². The topological polar surface area (TPSA) is 59.5 Å². The molecule has 0 aliphatic carbocycles. The number of hydrogen-bond donors (Lipinski definition) is 1. The molecule has 7 heteroatoms. The van der Waals surface area contributed by atoms with Crippen molar-refractivity contribution < 1.29 is 14.0 Å². The number of benzene rings is 1. The lowest BCUT2D eigenvalue weighted by Gasteiger charge is -2.19. The summed E-state index contributed by atoms with van der Waals surface area (Å²) < 4.78 is 20.9. The van der Waals surface area contributed by atoms with E-state index in [2.05, 4.69) is 15.1 Å². The van der Waals surface area contributed by atoms with Gasteiger partial charge >= 0.3 is 0 Å². The number of allylic oxidation sites excluding steroid dienone is 2. The molecule has 1 N–H and O–H groups in total. The number of H-pyrrole nitrogens is 1. The van der Waals surface area contributed by atoms with Crippen LogP contribution in [0.3, 0.4) is 0 Å². The minimum Gasteiger partial charge on any atom is -0.496 e. The number of nitrogens with one attached hydrogen (secondary N) is 1. The van der Waals surface area contributed by atoms with E-state index in [1.807, 2.05) is 6.92 Å². The first-order chi connectivity index (χ1) is 12.0. The fourth-order valence-corrected chi connectivity index (χ4v) is 3.46. The van der Waals surface area contributed by atoms with E-state index in [1.165, 1.54) is 7.11 Å². The largest absolute Gasteiger partial charge is 0.496 e. The van der Waals surface area contributed by atoms with Gasteiger partial charge in [0.25, 0.3) is 0 Å². The molecule has 1 aliphatic heterocycles. The van der Waals surface area contributed by atoms with Crippen molar-refractivity contribution in [2.24, 2.45) is 5.16 Å². The minimum absolute atomic E-state index is 0.317. The van der Waals surface area contributed by atoms with Gasteiger partial charge in [0.2, 0.25) is 0 Å². The molecular weight excluding hydrogens is 345 g/mol. The van der Waals surface area contributed by atoms with Gasteiger partial charge in [-0.05, 0) is 26.0 Å². The van der Waals surface area contributed by atoms with Gasteiger partial charge in [0.1, 0.15) is 16.7 Å². The average molecular weight is 360 g/mol. The number of aromatic amines is 1. The van der Waals surface area contributed by atoms with Crippen molar-refractivity contribution in [1.29, 1.82) is 0 Å². The molecule has 0 atom stereocenters. The Labute approximate surface area is 148 Å². The van der Waals surface area contributed by atoms with E-state index in [-0.39, 0.29) is 0 Å². The third kappa shape index (κ3) is 2.36. The van der Waals surface area contributed by atoms with Crippen LogP contribution in [-0.2, 0) is 4.84 Å². The van der Waals surface area contributed by atoms with Crippen molar-refractivity contribution in [3.63, 3.8) is 0 Å². The molecule has 5 nitrogen and oxygen atoms in total. The Bertz CT molecular complexity index is 1090. The van der Waals surface area contributed by atoms with Gasteiger partial charge in [-0.25, -0.2) is 9.37 Å². The van der Waals surface area contributed by atoms with E-state index < -0.39 is 5.82 Å². The molecule has 1 aliphatic rings. The summed E-state index contributed by atoms with van der Waals surface area (Å²) in [6.45, 7) is 3.60. The first-order valence-corrected chi connectivity index (χ1v) is 8.12. The molecule has 2 aromatic heterocycles. The molecule has 0 fully saturated rings. The Hall–Kier alpha value is -2.60. The number of pyridine rings is 1. The van der Waals surface area contributed by atoms with Crippen molar-refractivity contribution in [2.75, 3.05) is 7.11 Å². The second-order valence-corrected chi connectivity index (χ2v) is 6.33. The highest BCUT2D eigenvalue weighted by Gasteiger charge is 2.25. The normalized spacial score (nSPS) is 14.8. The first kappa shape index (κ1) is 15.9. The standard InChI is InChI=1S/C18H15ClFN3O2/c1-8-6-10(9(2)25-23-8)15-13(24-3)7-11-14-12(4-5-21-18(14)19)22-17(11)16(15)20/h4-5,7,22H,6H2,1-3H3. The maximum absolute atomic E-state index is 15.5. The van der Waals surface area contributed by atoms with E-state index in [1.54, 1.807) is 25.3 Å². The number of aromatic nitrogens is 2. The summed E-state index contributed by atoms with van der Waals surface area (Å²) >= 11 is 6.22. The second kappa shape index (κ2) is 5.74. The highest BCUT2D eigenvalue weighted by molar-refractivity contribution is 6.36. The molecule has 25 heavy (non-hydrogen) atoms. The van der Waals surface area contributed by atoms with E-state index in [9.17, 15) is 0 Å². The van der Waals surface area contributed by atoms with Crippen LogP contribution < -0.4 is 4.74 Å². The molecule has 3 heterocycles. The molecule has 1 aromatic carbocycles. The summed E-state index contributed by atoms with van der Waals surface area (Å²) in [4.78, 5) is 12.5. The Balaban J connectivity index is 2.08. The van der Waals surface area contributed by atoms with E-state index in [4.69, 9.17) is 21.2 Å². The fourth-order valence-electron chi connectivity index (χ4n) is 3.20. The smallest absolute Gasteiger partial charge is 0.158 e. The molecule has 0 bridgehead atoms. The van der Waals surface area contributed by atoms with Crippen LogP contribution >= 0.6 is 11.6 Å². The second-order valence-electron chi connectivity index (χ2n) is 5.97. The van der Waals surface area contributed by atoms with Crippen molar-refractivity contribution in [3.8, 4) is 5.75 Å². The summed E-state index contributed by atoms with van der Waals surface area (Å²) in [6.07, 6.45) is 2.07. The van der Waals surface area contributed by atoms with Crippen LogP contribution in [0.4, 0.5) is 4.39 Å². The van der Waals surface area contributed by atoms with Gasteiger partial charge in [-0.1, -0.05) is 16.8 Å². The number of methoxy groups -OCH3 is 1. The van der Waals surface area contributed by atoms with E-state index in [0.29, 0.717) is 50.5 Å². The molecular formula is C18H15ClFN3O2. The third-order valence-corrected chi connectivity index (χ3v) is 4.67. The van der Waals surface area contributed by atoms with E-state index >= 15 is 4.39 Å². The quantitative estimate of drug-likeness (QED) is 0.652. The highest BCUT2D eigenvalue weighted by Crippen LogP contribution is 2.41. The van der Waals surface area contributed by atoms with Gasteiger partial charge in [0, 0.05) is 29.0 Å². The maximum atomic E-state index is 15.5. The first-order valence-electron chi connectivity index (χ1n) is 7.74. The van der Waals surface area contributed by atoms with Crippen LogP contribution in [0.25, 0.3) is 27.4 Å².